The highest BCUT2D eigenvalue weighted by Crippen LogP contribution is 2.44. The molecule has 2 rings (SSSR count). The van der Waals surface area contributed by atoms with E-state index in [-0.39, 0.29) is 23.8 Å². The number of amides is 2. The van der Waals surface area contributed by atoms with E-state index in [0.29, 0.717) is 18.5 Å². The Morgan fingerprint density at radius 2 is 2.09 bits per heavy atom. The van der Waals surface area contributed by atoms with Crippen molar-refractivity contribution < 1.29 is 23.4 Å². The summed E-state index contributed by atoms with van der Waals surface area (Å²) in [7, 11) is 0. The average molecular weight is 328 g/mol. The van der Waals surface area contributed by atoms with Crippen molar-refractivity contribution in [2.75, 3.05) is 13.2 Å². The predicted octanol–water partition coefficient (Wildman–Crippen LogP) is 2.81. The predicted molar refractivity (Wildman–Crippen MR) is 81.4 cm³/mol. The van der Waals surface area contributed by atoms with E-state index in [0.717, 1.165) is 12.8 Å². The number of aliphatic hydroxyl groups excluding tert-OH is 1. The van der Waals surface area contributed by atoms with Crippen molar-refractivity contribution in [3.63, 3.8) is 0 Å². The highest BCUT2D eigenvalue weighted by Gasteiger charge is 2.42. The third kappa shape index (κ3) is 4.79. The summed E-state index contributed by atoms with van der Waals surface area (Å²) >= 11 is 0. The van der Waals surface area contributed by atoms with Gasteiger partial charge in [0.25, 0.3) is 0 Å². The number of nitrogens with one attached hydrogen (secondary N) is 2. The van der Waals surface area contributed by atoms with Crippen molar-refractivity contribution in [3.05, 3.63) is 29.8 Å². The minimum absolute atomic E-state index is 0.0511. The second-order valence-electron chi connectivity index (χ2n) is 5.86. The number of hydrogen-bond acceptors (Lipinski definition) is 3. The van der Waals surface area contributed by atoms with Gasteiger partial charge in [0, 0.05) is 17.5 Å². The number of para-hydroxylation sites is 1. The number of halogens is 2. The van der Waals surface area contributed by atoms with Crippen molar-refractivity contribution >= 4 is 6.03 Å². The van der Waals surface area contributed by atoms with Crippen LogP contribution in [0.25, 0.3) is 0 Å². The zero-order valence-electron chi connectivity index (χ0n) is 13.0. The Bertz CT molecular complexity index is 536. The van der Waals surface area contributed by atoms with Gasteiger partial charge in [0.1, 0.15) is 5.75 Å². The molecule has 1 aliphatic rings. The molecular formula is C16H22F2N2O3. The van der Waals surface area contributed by atoms with Crippen LogP contribution in [0.4, 0.5) is 13.6 Å². The van der Waals surface area contributed by atoms with E-state index < -0.39 is 12.7 Å². The lowest BCUT2D eigenvalue weighted by Crippen LogP contribution is -2.41. The highest BCUT2D eigenvalue weighted by molar-refractivity contribution is 5.74. The van der Waals surface area contributed by atoms with Crippen LogP contribution in [0.15, 0.2) is 24.3 Å². The third-order valence-corrected chi connectivity index (χ3v) is 4.14. The van der Waals surface area contributed by atoms with E-state index in [1.807, 2.05) is 6.92 Å². The topological polar surface area (TPSA) is 70.6 Å². The number of carbonyl (C=O) groups excluding carboxylic acids is 1. The summed E-state index contributed by atoms with van der Waals surface area (Å²) in [6, 6.07) is 5.60. The molecule has 0 aromatic heterocycles. The lowest BCUT2D eigenvalue weighted by molar-refractivity contribution is -0.0506. The number of rotatable bonds is 8. The first-order valence-electron chi connectivity index (χ1n) is 7.68. The number of benzene rings is 1. The quantitative estimate of drug-likeness (QED) is 0.687. The largest absolute Gasteiger partial charge is 0.434 e. The lowest BCUT2D eigenvalue weighted by Gasteiger charge is -2.21. The normalized spacial score (nSPS) is 16.7. The molecule has 5 nitrogen and oxygen atoms in total. The number of hydrogen-bond donors (Lipinski definition) is 3. The van der Waals surface area contributed by atoms with Gasteiger partial charge in [-0.3, -0.25) is 0 Å². The van der Waals surface area contributed by atoms with Gasteiger partial charge in [-0.1, -0.05) is 25.1 Å². The molecule has 0 saturated heterocycles. The van der Waals surface area contributed by atoms with Crippen molar-refractivity contribution in [2.45, 2.75) is 38.8 Å². The summed E-state index contributed by atoms with van der Waals surface area (Å²) in [4.78, 5) is 12.0. The van der Waals surface area contributed by atoms with Crippen LogP contribution < -0.4 is 15.4 Å². The molecule has 128 valence electrons. The van der Waals surface area contributed by atoms with Crippen molar-refractivity contribution in [2.24, 2.45) is 5.41 Å². The number of carbonyl (C=O) groups is 1. The van der Waals surface area contributed by atoms with Crippen LogP contribution in [0, 0.1) is 5.41 Å². The monoisotopic (exact) mass is 328 g/mol. The summed E-state index contributed by atoms with van der Waals surface area (Å²) in [5.74, 6) is 0.0590. The van der Waals surface area contributed by atoms with E-state index in [9.17, 15) is 18.7 Å². The number of ether oxygens (including phenoxy) is 1. The van der Waals surface area contributed by atoms with Crippen molar-refractivity contribution in [1.82, 2.24) is 10.6 Å². The minimum atomic E-state index is -2.92. The SMILES string of the molecule is CCC(NC(=O)NCC1(CO)CC1)c1ccccc1OC(F)F. The van der Waals surface area contributed by atoms with Crippen molar-refractivity contribution in [1.29, 1.82) is 0 Å². The zero-order chi connectivity index (χ0) is 16.9. The molecule has 3 N–H and O–H groups in total. The summed E-state index contributed by atoms with van der Waals surface area (Å²) in [6.07, 6.45) is 2.32. The van der Waals surface area contributed by atoms with Gasteiger partial charge in [-0.2, -0.15) is 8.78 Å². The Morgan fingerprint density at radius 1 is 1.39 bits per heavy atom. The molecule has 7 heteroatoms. The number of aliphatic hydroxyl groups is 1. The molecule has 1 aliphatic carbocycles. The fourth-order valence-electron chi connectivity index (χ4n) is 2.42. The van der Waals surface area contributed by atoms with Crippen LogP contribution in [0.3, 0.4) is 0 Å². The third-order valence-electron chi connectivity index (χ3n) is 4.14. The van der Waals surface area contributed by atoms with Crippen molar-refractivity contribution in [3.8, 4) is 5.75 Å². The maximum absolute atomic E-state index is 12.5. The van der Waals surface area contributed by atoms with Crippen LogP contribution in [0.1, 0.15) is 37.8 Å². The Labute approximate surface area is 134 Å². The van der Waals surface area contributed by atoms with Gasteiger partial charge in [-0.15, -0.1) is 0 Å². The maximum atomic E-state index is 12.5. The molecular weight excluding hydrogens is 306 g/mol. The van der Waals surface area contributed by atoms with Gasteiger partial charge in [0.15, 0.2) is 0 Å². The fraction of sp³-hybridized carbons (Fsp3) is 0.562. The molecule has 1 aromatic rings. The molecule has 1 saturated carbocycles. The average Bonchev–Trinajstić information content (AvgIpc) is 3.31. The summed E-state index contributed by atoms with van der Waals surface area (Å²) in [5, 5.41) is 14.7. The maximum Gasteiger partial charge on any atom is 0.387 e. The summed E-state index contributed by atoms with van der Waals surface area (Å²) < 4.78 is 29.5. The molecule has 2 amide bonds. The molecule has 0 aliphatic heterocycles. The summed E-state index contributed by atoms with van der Waals surface area (Å²) in [6.45, 7) is -0.613. The second-order valence-corrected chi connectivity index (χ2v) is 5.86. The van der Waals surface area contributed by atoms with Crippen LogP contribution in [-0.4, -0.2) is 30.9 Å². The van der Waals surface area contributed by atoms with Crippen LogP contribution in [0.5, 0.6) is 5.75 Å². The zero-order valence-corrected chi connectivity index (χ0v) is 13.0. The summed E-state index contributed by atoms with van der Waals surface area (Å²) in [5.41, 5.74) is 0.323. The van der Waals surface area contributed by atoms with E-state index in [2.05, 4.69) is 15.4 Å². The van der Waals surface area contributed by atoms with E-state index in [1.165, 1.54) is 6.07 Å². The van der Waals surface area contributed by atoms with Crippen LogP contribution in [0.2, 0.25) is 0 Å². The second kappa shape index (κ2) is 7.59. The fourth-order valence-corrected chi connectivity index (χ4v) is 2.42. The molecule has 0 heterocycles. The lowest BCUT2D eigenvalue weighted by atomic mass is 10.0. The first kappa shape index (κ1) is 17.5. The van der Waals surface area contributed by atoms with Crippen LogP contribution >= 0.6 is 0 Å². The van der Waals surface area contributed by atoms with Gasteiger partial charge in [-0.25, -0.2) is 4.79 Å². The Balaban J connectivity index is 1.98. The van der Waals surface area contributed by atoms with Gasteiger partial charge >= 0.3 is 12.6 Å². The van der Waals surface area contributed by atoms with Gasteiger partial charge in [0.05, 0.1) is 12.6 Å². The minimum Gasteiger partial charge on any atom is -0.434 e. The molecule has 0 spiro atoms. The number of urea groups is 1. The Morgan fingerprint density at radius 3 is 2.65 bits per heavy atom. The smallest absolute Gasteiger partial charge is 0.387 e. The van der Waals surface area contributed by atoms with Gasteiger partial charge in [0.2, 0.25) is 0 Å². The Kier molecular flexibility index (Phi) is 5.76. The molecule has 0 radical (unpaired) electrons. The van der Waals surface area contributed by atoms with E-state index in [1.54, 1.807) is 18.2 Å². The molecule has 1 atom stereocenters. The molecule has 1 fully saturated rings. The standard InChI is InChI=1S/C16H22F2N2O3/c1-2-12(11-5-3-4-6-13(11)23-14(17)18)20-15(22)19-9-16(10-21)7-8-16/h3-6,12,14,21H,2,7-10H2,1H3,(H2,19,20,22). The molecule has 0 bridgehead atoms. The van der Waals surface area contributed by atoms with Gasteiger partial charge < -0.3 is 20.5 Å². The first-order chi connectivity index (χ1) is 11.0. The van der Waals surface area contributed by atoms with Gasteiger partial charge in [-0.05, 0) is 25.3 Å². The highest BCUT2D eigenvalue weighted by atomic mass is 19.3. The molecule has 23 heavy (non-hydrogen) atoms. The number of alkyl halides is 2. The van der Waals surface area contributed by atoms with Crippen LogP contribution in [-0.2, 0) is 0 Å². The van der Waals surface area contributed by atoms with E-state index >= 15 is 0 Å². The molecule has 1 unspecified atom stereocenters. The van der Waals surface area contributed by atoms with E-state index in [4.69, 9.17) is 0 Å². The Hall–Kier alpha value is -1.89. The molecule has 1 aromatic carbocycles. The first-order valence-corrected chi connectivity index (χ1v) is 7.68.